The van der Waals surface area contributed by atoms with E-state index in [1.807, 2.05) is 42.5 Å². The number of benzene rings is 14. The summed E-state index contributed by atoms with van der Waals surface area (Å²) in [5.74, 6) is 2.97. The minimum absolute atomic E-state index is 0.653. The summed E-state index contributed by atoms with van der Waals surface area (Å²) in [5.41, 5.74) is 15.3. The van der Waals surface area contributed by atoms with E-state index in [0.29, 0.717) is 0 Å². The molecule has 0 spiro atoms. The predicted molar refractivity (Wildman–Crippen MR) is 378 cm³/mol. The van der Waals surface area contributed by atoms with Crippen LogP contribution in [0.25, 0.3) is 93.0 Å². The zero-order valence-electron chi connectivity index (χ0n) is 50.2. The first-order valence-electron chi connectivity index (χ1n) is 30.8. The van der Waals surface area contributed by atoms with Crippen LogP contribution in [0.2, 0.25) is 0 Å². The molecule has 0 fully saturated rings. The Kier molecular flexibility index (Phi) is 13.3. The molecule has 14 aromatic rings. The lowest BCUT2D eigenvalue weighted by molar-refractivity contribution is 0.475. The summed E-state index contributed by atoms with van der Waals surface area (Å²) in [6.45, 7) is 14.2. The van der Waals surface area contributed by atoms with E-state index in [1.54, 1.807) is 12.5 Å². The number of aryl methyl sites for hydroxylation is 1. The average Bonchev–Trinajstić information content (AvgIpc) is 1.56. The minimum Gasteiger partial charge on any atom is -0.466 e. The largest absolute Gasteiger partial charge is 0.466 e. The van der Waals surface area contributed by atoms with Crippen LogP contribution in [0.1, 0.15) is 50.1 Å². The van der Waals surface area contributed by atoms with Gasteiger partial charge in [0.15, 0.2) is 0 Å². The van der Waals surface area contributed by atoms with Crippen molar-refractivity contribution < 1.29 is 18.9 Å². The Balaban J connectivity index is 0.689. The second kappa shape index (κ2) is 22.1. The van der Waals surface area contributed by atoms with Crippen LogP contribution >= 0.6 is 0 Å². The van der Waals surface area contributed by atoms with Gasteiger partial charge in [-0.1, -0.05) is 184 Å². The number of ether oxygens (including phenoxy) is 4. The monoisotopic (exact) mass is 1170 g/mol. The van der Waals surface area contributed by atoms with Crippen LogP contribution in [0.15, 0.2) is 329 Å². The molecule has 16 rings (SSSR count). The van der Waals surface area contributed by atoms with Crippen LogP contribution in [0.5, 0.6) is 23.0 Å². The maximum absolute atomic E-state index is 6.26. The van der Waals surface area contributed by atoms with Gasteiger partial charge >= 0.3 is 0 Å². The summed E-state index contributed by atoms with van der Waals surface area (Å²) in [7, 11) is 0. The molecule has 14 aromatic carbocycles. The highest BCUT2D eigenvalue weighted by Crippen LogP contribution is 2.60. The van der Waals surface area contributed by atoms with Crippen molar-refractivity contribution in [2.45, 2.75) is 17.8 Å². The van der Waals surface area contributed by atoms with Gasteiger partial charge in [0, 0.05) is 0 Å². The van der Waals surface area contributed by atoms with E-state index in [1.165, 1.54) is 100 Å². The molecule has 0 radical (unpaired) electrons. The number of hydrogen-bond acceptors (Lipinski definition) is 4. The van der Waals surface area contributed by atoms with Crippen molar-refractivity contribution in [3.05, 3.63) is 380 Å². The fourth-order valence-corrected chi connectivity index (χ4v) is 14.7. The van der Waals surface area contributed by atoms with Gasteiger partial charge < -0.3 is 18.9 Å². The zero-order valence-corrected chi connectivity index (χ0v) is 50.2. The lowest BCUT2D eigenvalue weighted by Gasteiger charge is -2.35. The number of hydrogen-bond donors (Lipinski definition) is 0. The Morgan fingerprint density at radius 1 is 0.319 bits per heavy atom. The molecule has 0 N–H and O–H groups in total. The molecular weight excluding hydrogens is 1110 g/mol. The fourth-order valence-electron chi connectivity index (χ4n) is 14.7. The first kappa shape index (κ1) is 54.7. The molecule has 1 atom stereocenters. The lowest BCUT2D eigenvalue weighted by Crippen LogP contribution is -2.29. The fraction of sp³-hybridized carbons (Fsp3) is 0.0345. The molecule has 4 heteroatoms. The number of rotatable bonds is 15. The lowest BCUT2D eigenvalue weighted by atomic mass is 9.66. The highest BCUT2D eigenvalue weighted by atomic mass is 16.5. The van der Waals surface area contributed by atoms with E-state index >= 15 is 0 Å². The smallest absolute Gasteiger partial charge is 0.127 e. The molecule has 91 heavy (non-hydrogen) atoms. The first-order chi connectivity index (χ1) is 44.8. The van der Waals surface area contributed by atoms with Gasteiger partial charge in [0.2, 0.25) is 0 Å². The van der Waals surface area contributed by atoms with Crippen LogP contribution in [-0.4, -0.2) is 0 Å². The molecule has 0 saturated carbocycles. The molecule has 0 aliphatic heterocycles. The van der Waals surface area contributed by atoms with Crippen LogP contribution in [0, 0.1) is 6.92 Å². The Hall–Kier alpha value is -11.7. The van der Waals surface area contributed by atoms with Crippen LogP contribution < -0.4 is 18.9 Å². The quantitative estimate of drug-likeness (QED) is 0.0757. The van der Waals surface area contributed by atoms with Gasteiger partial charge in [-0.25, -0.2) is 0 Å². The highest BCUT2D eigenvalue weighted by Gasteiger charge is 2.48. The van der Waals surface area contributed by atoms with E-state index in [2.05, 4.69) is 269 Å². The van der Waals surface area contributed by atoms with Gasteiger partial charge in [0.25, 0.3) is 0 Å². The molecule has 0 saturated heterocycles. The van der Waals surface area contributed by atoms with Crippen molar-refractivity contribution in [2.75, 3.05) is 0 Å². The summed E-state index contributed by atoms with van der Waals surface area (Å²) < 4.78 is 23.9. The molecule has 0 bridgehead atoms. The van der Waals surface area contributed by atoms with E-state index in [-0.39, 0.29) is 0 Å². The Bertz CT molecular complexity index is 5380. The van der Waals surface area contributed by atoms with E-state index in [4.69, 9.17) is 18.9 Å². The highest BCUT2D eigenvalue weighted by molar-refractivity contribution is 6.02. The minimum atomic E-state index is -0.684. The maximum atomic E-state index is 6.26. The molecule has 0 amide bonds. The van der Waals surface area contributed by atoms with E-state index in [0.717, 1.165) is 77.6 Å². The Morgan fingerprint density at radius 3 is 1.18 bits per heavy atom. The summed E-state index contributed by atoms with van der Waals surface area (Å²) in [4.78, 5) is 0. The molecule has 1 unspecified atom stereocenters. The van der Waals surface area contributed by atoms with Crippen LogP contribution in [0.4, 0.5) is 0 Å². The van der Waals surface area contributed by atoms with Crippen molar-refractivity contribution in [3.8, 4) is 45.3 Å². The van der Waals surface area contributed by atoms with Gasteiger partial charge in [-0.15, -0.1) is 0 Å². The average molecular weight is 1170 g/mol. The predicted octanol–water partition coefficient (Wildman–Crippen LogP) is 22.4. The van der Waals surface area contributed by atoms with Gasteiger partial charge in [-0.05, 0) is 271 Å². The van der Waals surface area contributed by atoms with Crippen molar-refractivity contribution in [1.82, 2.24) is 0 Å². The Morgan fingerprint density at radius 2 is 0.692 bits per heavy atom. The first-order valence-corrected chi connectivity index (χ1v) is 30.8. The van der Waals surface area contributed by atoms with Crippen molar-refractivity contribution in [3.63, 3.8) is 0 Å². The van der Waals surface area contributed by atoms with Crippen LogP contribution in [0.3, 0.4) is 0 Å². The molecule has 2 aliphatic rings. The topological polar surface area (TPSA) is 36.9 Å². The van der Waals surface area contributed by atoms with Gasteiger partial charge in [0.05, 0.1) is 35.9 Å². The summed E-state index contributed by atoms with van der Waals surface area (Å²) in [5, 5.41) is 13.9. The molecule has 0 aromatic heterocycles. The third kappa shape index (κ3) is 9.06. The summed E-state index contributed by atoms with van der Waals surface area (Å²) in [6, 6.07) is 94.9. The normalized spacial score (nSPS) is 14.7. The maximum Gasteiger partial charge on any atom is 0.127 e. The standard InChI is InChI=1S/C87H60O4/c1-5-70(86(71-33-26-67-47-75(88-6-2)37-30-64(67)44-71)82-25-15-14-24-78(82)79-50-58-18-8-11-21-61(58)53-83(79)86)43-57-29-36-74(42-56(57)4)90-40-16-17-41-91-77-39-32-66-46-73(35-28-69(66)49-77)87(72-34-27-68-48-76(89-7-3)38-31-65(68)45-72)84-54-62-22-12-9-19-59(62)51-80(84)81-52-60-20-10-13-23-63(60)55-85(81)87/h5-55H,1-3H2,4H3/b40-16+,41-17+,70-43+. The van der Waals surface area contributed by atoms with Gasteiger partial charge in [-0.3, -0.25) is 0 Å². The van der Waals surface area contributed by atoms with Gasteiger partial charge in [0.1, 0.15) is 23.0 Å². The second-order valence-corrected chi connectivity index (χ2v) is 23.7. The summed E-state index contributed by atoms with van der Waals surface area (Å²) >= 11 is 0. The van der Waals surface area contributed by atoms with Crippen molar-refractivity contribution >= 4 is 70.7 Å². The third-order valence-electron chi connectivity index (χ3n) is 18.8. The Labute approximate surface area is 529 Å². The second-order valence-electron chi connectivity index (χ2n) is 23.7. The summed E-state index contributed by atoms with van der Waals surface area (Å²) in [6.07, 6.45) is 14.3. The molecule has 2 aliphatic carbocycles. The molecule has 0 heterocycles. The van der Waals surface area contributed by atoms with Gasteiger partial charge in [-0.2, -0.15) is 0 Å². The molecule has 4 nitrogen and oxygen atoms in total. The molecular formula is C87H60O4. The molecule has 432 valence electrons. The van der Waals surface area contributed by atoms with Crippen molar-refractivity contribution in [2.24, 2.45) is 0 Å². The number of fused-ring (bicyclic) bond motifs is 12. The number of allylic oxidation sites excluding steroid dienone is 4. The SMILES string of the molecule is C=COc1ccc2cc(C3(/C(C=C)=C/c4ccc(O/C=C/C=C/Oc5ccc6cc(C7(c8ccc9cc(OC=C)ccc9c8)c8cc9ccccc9cc8-c8cc9ccccc9cc87)ccc6c5)cc4C)c4ccccc4-c4cc5ccccc5cc43)ccc2c1. The van der Waals surface area contributed by atoms with Crippen LogP contribution in [-0.2, 0) is 10.8 Å². The van der Waals surface area contributed by atoms with E-state index < -0.39 is 10.8 Å². The van der Waals surface area contributed by atoms with E-state index in [9.17, 15) is 0 Å². The third-order valence-corrected chi connectivity index (χ3v) is 18.8. The zero-order chi connectivity index (χ0) is 61.2. The van der Waals surface area contributed by atoms with Crippen molar-refractivity contribution in [1.29, 1.82) is 0 Å².